The Hall–Kier alpha value is -0.670. The Kier molecular flexibility index (Phi) is 4.15. The SMILES string of the molecule is CN(CC(=N)N)S(=O)(=O)C1CCS(=O)(=O)CC1. The molecule has 1 rings (SSSR count). The number of hydrogen-bond acceptors (Lipinski definition) is 5. The average molecular weight is 283 g/mol. The Morgan fingerprint density at radius 1 is 1.41 bits per heavy atom. The van der Waals surface area contributed by atoms with Gasteiger partial charge in [-0.2, -0.15) is 4.31 Å². The van der Waals surface area contributed by atoms with Crippen LogP contribution in [0.5, 0.6) is 0 Å². The second-order valence-corrected chi connectivity index (χ2v) is 8.80. The maximum absolute atomic E-state index is 12.0. The summed E-state index contributed by atoms with van der Waals surface area (Å²) in [6.45, 7) is -0.161. The quantitative estimate of drug-likeness (QED) is 0.494. The molecule has 0 unspecified atom stereocenters. The Morgan fingerprint density at radius 3 is 2.29 bits per heavy atom. The first-order valence-electron chi connectivity index (χ1n) is 5.13. The van der Waals surface area contributed by atoms with Gasteiger partial charge in [-0.15, -0.1) is 0 Å². The molecule has 1 aliphatic rings. The number of likely N-dealkylation sites (N-methyl/N-ethyl adjacent to an activating group) is 1. The standard InChI is InChI=1S/C8H17N3O4S2/c1-11(6-8(9)10)17(14,15)7-2-4-16(12,13)5-3-7/h7H,2-6H2,1H3,(H3,9,10). The molecular weight excluding hydrogens is 266 g/mol. The minimum absolute atomic E-state index is 0.0925. The van der Waals surface area contributed by atoms with Crippen LogP contribution in [0.25, 0.3) is 0 Å². The first-order valence-corrected chi connectivity index (χ1v) is 8.46. The first kappa shape index (κ1) is 14.4. The van der Waals surface area contributed by atoms with Crippen molar-refractivity contribution in [3.05, 3.63) is 0 Å². The molecule has 0 atom stereocenters. The number of sulfonamides is 1. The third-order valence-electron chi connectivity index (χ3n) is 2.75. The van der Waals surface area contributed by atoms with Gasteiger partial charge in [-0.1, -0.05) is 0 Å². The van der Waals surface area contributed by atoms with Crippen LogP contribution in [0.4, 0.5) is 0 Å². The Labute approximate surface area is 101 Å². The fourth-order valence-electron chi connectivity index (χ4n) is 1.75. The highest BCUT2D eigenvalue weighted by Crippen LogP contribution is 2.21. The van der Waals surface area contributed by atoms with Gasteiger partial charge in [0.25, 0.3) is 0 Å². The van der Waals surface area contributed by atoms with Gasteiger partial charge >= 0.3 is 0 Å². The first-order chi connectivity index (χ1) is 7.65. The molecule has 0 aromatic heterocycles. The van der Waals surface area contributed by atoms with E-state index >= 15 is 0 Å². The fourth-order valence-corrected chi connectivity index (χ4v) is 5.20. The Morgan fingerprint density at radius 2 is 1.88 bits per heavy atom. The molecule has 0 radical (unpaired) electrons. The van der Waals surface area contributed by atoms with Gasteiger partial charge in [-0.3, -0.25) is 5.41 Å². The predicted octanol–water partition coefficient (Wildman–Crippen LogP) is -1.24. The molecule has 7 nitrogen and oxygen atoms in total. The molecule has 0 spiro atoms. The van der Waals surface area contributed by atoms with E-state index in [0.717, 1.165) is 4.31 Å². The van der Waals surface area contributed by atoms with Crippen LogP contribution in [0.15, 0.2) is 0 Å². The highest BCUT2D eigenvalue weighted by Gasteiger charge is 2.35. The van der Waals surface area contributed by atoms with Crippen LogP contribution in [0, 0.1) is 5.41 Å². The molecule has 1 heterocycles. The second kappa shape index (κ2) is 4.91. The monoisotopic (exact) mass is 283 g/mol. The largest absolute Gasteiger partial charge is 0.387 e. The number of hydrogen-bond donors (Lipinski definition) is 2. The van der Waals surface area contributed by atoms with Crippen molar-refractivity contribution in [2.24, 2.45) is 5.73 Å². The summed E-state index contributed by atoms with van der Waals surface area (Å²) in [5.74, 6) is -0.421. The molecule has 0 amide bonds. The zero-order valence-electron chi connectivity index (χ0n) is 9.59. The van der Waals surface area contributed by atoms with E-state index in [4.69, 9.17) is 11.1 Å². The number of sulfone groups is 1. The highest BCUT2D eigenvalue weighted by atomic mass is 32.2. The lowest BCUT2D eigenvalue weighted by atomic mass is 10.2. The van der Waals surface area contributed by atoms with Crippen LogP contribution in [0.2, 0.25) is 0 Å². The lowest BCUT2D eigenvalue weighted by Crippen LogP contribution is -2.43. The molecule has 100 valence electrons. The van der Waals surface area contributed by atoms with Gasteiger partial charge in [-0.25, -0.2) is 16.8 Å². The van der Waals surface area contributed by atoms with Crippen molar-refractivity contribution in [2.75, 3.05) is 25.1 Å². The van der Waals surface area contributed by atoms with Crippen LogP contribution in [-0.2, 0) is 19.9 Å². The van der Waals surface area contributed by atoms with E-state index in [9.17, 15) is 16.8 Å². The molecule has 0 aromatic carbocycles. The zero-order valence-corrected chi connectivity index (χ0v) is 11.2. The van der Waals surface area contributed by atoms with Gasteiger partial charge in [0.2, 0.25) is 10.0 Å². The van der Waals surface area contributed by atoms with Crippen molar-refractivity contribution in [1.82, 2.24) is 4.31 Å². The van der Waals surface area contributed by atoms with E-state index in [-0.39, 0.29) is 36.7 Å². The van der Waals surface area contributed by atoms with E-state index in [2.05, 4.69) is 0 Å². The lowest BCUT2D eigenvalue weighted by molar-refractivity contribution is 0.480. The number of nitrogens with zero attached hydrogens (tertiary/aromatic N) is 1. The smallest absolute Gasteiger partial charge is 0.217 e. The normalized spacial score (nSPS) is 21.5. The van der Waals surface area contributed by atoms with Crippen LogP contribution in [0.1, 0.15) is 12.8 Å². The minimum atomic E-state index is -3.56. The molecule has 9 heteroatoms. The van der Waals surface area contributed by atoms with E-state index in [1.165, 1.54) is 7.05 Å². The van der Waals surface area contributed by atoms with E-state index < -0.39 is 25.1 Å². The summed E-state index contributed by atoms with van der Waals surface area (Å²) < 4.78 is 47.5. The molecule has 3 N–H and O–H groups in total. The highest BCUT2D eigenvalue weighted by molar-refractivity contribution is 7.92. The lowest BCUT2D eigenvalue weighted by Gasteiger charge is -2.26. The summed E-state index contributed by atoms with van der Waals surface area (Å²) in [6.07, 6.45) is 0.236. The molecule has 1 fully saturated rings. The number of nitrogens with two attached hydrogens (primary N) is 1. The van der Waals surface area contributed by atoms with Gasteiger partial charge < -0.3 is 5.73 Å². The van der Waals surface area contributed by atoms with Crippen molar-refractivity contribution < 1.29 is 16.8 Å². The molecule has 0 aromatic rings. The van der Waals surface area contributed by atoms with E-state index in [1.807, 2.05) is 0 Å². The van der Waals surface area contributed by atoms with Crippen molar-refractivity contribution in [1.29, 1.82) is 5.41 Å². The van der Waals surface area contributed by atoms with E-state index in [0.29, 0.717) is 0 Å². The van der Waals surface area contributed by atoms with Gasteiger partial charge in [-0.05, 0) is 12.8 Å². The van der Waals surface area contributed by atoms with Gasteiger partial charge in [0, 0.05) is 7.05 Å². The molecule has 0 bridgehead atoms. The molecule has 1 aliphatic heterocycles. The van der Waals surface area contributed by atoms with E-state index in [1.54, 1.807) is 0 Å². The summed E-state index contributed by atoms with van der Waals surface area (Å²) in [4.78, 5) is 0. The van der Waals surface area contributed by atoms with Crippen LogP contribution in [0.3, 0.4) is 0 Å². The van der Waals surface area contributed by atoms with Gasteiger partial charge in [0.05, 0.1) is 23.3 Å². The van der Waals surface area contributed by atoms with Crippen molar-refractivity contribution in [2.45, 2.75) is 18.1 Å². The molecule has 1 saturated heterocycles. The summed E-state index contributed by atoms with van der Waals surface area (Å²) in [6, 6.07) is 0. The van der Waals surface area contributed by atoms with Gasteiger partial charge in [0.1, 0.15) is 15.7 Å². The third kappa shape index (κ3) is 3.65. The average Bonchev–Trinajstić information content (AvgIpc) is 2.15. The maximum atomic E-state index is 12.0. The molecule has 0 aliphatic carbocycles. The van der Waals surface area contributed by atoms with Crippen LogP contribution < -0.4 is 5.73 Å². The topological polar surface area (TPSA) is 121 Å². The second-order valence-electron chi connectivity index (χ2n) is 4.18. The zero-order chi connectivity index (χ0) is 13.3. The maximum Gasteiger partial charge on any atom is 0.217 e. The van der Waals surface area contributed by atoms with Crippen LogP contribution >= 0.6 is 0 Å². The third-order valence-corrected chi connectivity index (χ3v) is 6.78. The van der Waals surface area contributed by atoms with Gasteiger partial charge in [0.15, 0.2) is 0 Å². The summed E-state index contributed by atoms with van der Waals surface area (Å²) in [5, 5.41) is 6.37. The minimum Gasteiger partial charge on any atom is -0.387 e. The van der Waals surface area contributed by atoms with Crippen molar-refractivity contribution in [3.8, 4) is 0 Å². The molecular formula is C8H17N3O4S2. The van der Waals surface area contributed by atoms with Crippen molar-refractivity contribution in [3.63, 3.8) is 0 Å². The Bertz CT molecular complexity index is 483. The summed E-state index contributed by atoms with van der Waals surface area (Å²) >= 11 is 0. The fraction of sp³-hybridized carbons (Fsp3) is 0.875. The summed E-state index contributed by atoms with van der Waals surface area (Å²) in [7, 11) is -5.29. The predicted molar refractivity (Wildman–Crippen MR) is 65.1 cm³/mol. The van der Waals surface area contributed by atoms with Crippen LogP contribution in [-0.4, -0.2) is 57.3 Å². The number of nitrogens with one attached hydrogen (secondary N) is 1. The molecule has 0 saturated carbocycles. The number of amidine groups is 1. The van der Waals surface area contributed by atoms with Crippen molar-refractivity contribution >= 4 is 25.7 Å². The molecule has 17 heavy (non-hydrogen) atoms. The number of rotatable bonds is 4. The Balaban J connectivity index is 2.76. The summed E-state index contributed by atoms with van der Waals surface area (Å²) in [5.41, 5.74) is 5.14.